The van der Waals surface area contributed by atoms with Crippen LogP contribution in [-0.2, 0) is 9.53 Å². The average molecular weight is 344 g/mol. The predicted octanol–water partition coefficient (Wildman–Crippen LogP) is 3.31. The van der Waals surface area contributed by atoms with E-state index in [1.54, 1.807) is 0 Å². The molecule has 1 aromatic carbocycles. The lowest BCUT2D eigenvalue weighted by molar-refractivity contribution is -0.145. The Morgan fingerprint density at radius 2 is 2.04 bits per heavy atom. The molecule has 0 spiro atoms. The Labute approximate surface area is 151 Å². The Morgan fingerprint density at radius 3 is 2.76 bits per heavy atom. The van der Waals surface area contributed by atoms with Crippen LogP contribution < -0.4 is 5.32 Å². The second-order valence-corrected chi connectivity index (χ2v) is 7.84. The number of piperidine rings is 1. The molecule has 0 unspecified atom stereocenters. The fourth-order valence-electron chi connectivity index (χ4n) is 4.21. The van der Waals surface area contributed by atoms with E-state index >= 15 is 0 Å². The fourth-order valence-corrected chi connectivity index (χ4v) is 4.21. The number of benzene rings is 1. The van der Waals surface area contributed by atoms with E-state index in [9.17, 15) is 4.79 Å². The third kappa shape index (κ3) is 4.42. The largest absolute Gasteiger partial charge is 0.370 e. The molecule has 2 aliphatic rings. The van der Waals surface area contributed by atoms with Gasteiger partial charge in [0.15, 0.2) is 0 Å². The predicted molar refractivity (Wildman–Crippen MR) is 100 cm³/mol. The maximum Gasteiger partial charge on any atom is 0.223 e. The van der Waals surface area contributed by atoms with Gasteiger partial charge in [0.25, 0.3) is 0 Å². The lowest BCUT2D eigenvalue weighted by Gasteiger charge is -2.39. The summed E-state index contributed by atoms with van der Waals surface area (Å²) in [6, 6.07) is 8.49. The Balaban J connectivity index is 1.63. The molecule has 1 amide bonds. The summed E-state index contributed by atoms with van der Waals surface area (Å²) < 4.78 is 6.06. The van der Waals surface area contributed by atoms with Crippen molar-refractivity contribution in [1.82, 2.24) is 10.2 Å². The number of hydrogen-bond donors (Lipinski definition) is 1. The van der Waals surface area contributed by atoms with Crippen LogP contribution in [0.2, 0.25) is 0 Å². The standard InChI is InChI=1S/C21H32N2O2/c1-15-6-4-5-7-19(15)20-13-23(17(3)14-25-20)21(24)12-16(2)18-8-10-22-11-9-18/h4-7,16-18,20,22H,8-14H2,1-3H3/t16-,17+,20-/m0/s1. The zero-order chi connectivity index (χ0) is 17.8. The average Bonchev–Trinajstić information content (AvgIpc) is 2.63. The monoisotopic (exact) mass is 344 g/mol. The summed E-state index contributed by atoms with van der Waals surface area (Å²) in [4.78, 5) is 15.0. The highest BCUT2D eigenvalue weighted by Crippen LogP contribution is 2.30. The van der Waals surface area contributed by atoms with Crippen molar-refractivity contribution in [2.75, 3.05) is 26.2 Å². The van der Waals surface area contributed by atoms with Gasteiger partial charge in [-0.05, 0) is 62.7 Å². The first-order valence-corrected chi connectivity index (χ1v) is 9.73. The number of nitrogens with one attached hydrogen (secondary N) is 1. The summed E-state index contributed by atoms with van der Waals surface area (Å²) in [5.41, 5.74) is 2.44. The molecule has 1 aromatic rings. The minimum atomic E-state index is -0.00413. The molecule has 0 aromatic heterocycles. The van der Waals surface area contributed by atoms with Crippen molar-refractivity contribution in [3.63, 3.8) is 0 Å². The number of hydrogen-bond acceptors (Lipinski definition) is 3. The maximum absolute atomic E-state index is 13.0. The van der Waals surface area contributed by atoms with Gasteiger partial charge in [-0.15, -0.1) is 0 Å². The molecule has 25 heavy (non-hydrogen) atoms. The Bertz CT molecular complexity index is 583. The van der Waals surface area contributed by atoms with Gasteiger partial charge in [0.1, 0.15) is 6.10 Å². The summed E-state index contributed by atoms with van der Waals surface area (Å²) in [5.74, 6) is 1.43. The number of ether oxygens (including phenoxy) is 1. The molecule has 4 nitrogen and oxygen atoms in total. The van der Waals surface area contributed by atoms with E-state index in [4.69, 9.17) is 4.74 Å². The third-order valence-electron chi connectivity index (χ3n) is 5.97. The molecule has 1 N–H and O–H groups in total. The van der Waals surface area contributed by atoms with E-state index in [0.29, 0.717) is 37.3 Å². The van der Waals surface area contributed by atoms with Gasteiger partial charge in [0.05, 0.1) is 19.2 Å². The van der Waals surface area contributed by atoms with Crippen LogP contribution in [0.15, 0.2) is 24.3 Å². The molecule has 3 rings (SSSR count). The van der Waals surface area contributed by atoms with E-state index in [-0.39, 0.29) is 12.1 Å². The second kappa shape index (κ2) is 8.33. The molecule has 2 heterocycles. The number of carbonyl (C=O) groups is 1. The number of nitrogens with zero attached hydrogens (tertiary/aromatic N) is 1. The quantitative estimate of drug-likeness (QED) is 0.911. The van der Waals surface area contributed by atoms with Crippen molar-refractivity contribution in [2.24, 2.45) is 11.8 Å². The lowest BCUT2D eigenvalue weighted by Crippen LogP contribution is -2.49. The van der Waals surface area contributed by atoms with Crippen LogP contribution >= 0.6 is 0 Å². The van der Waals surface area contributed by atoms with Crippen molar-refractivity contribution >= 4 is 5.91 Å². The van der Waals surface area contributed by atoms with Crippen molar-refractivity contribution in [3.8, 4) is 0 Å². The molecule has 3 atom stereocenters. The highest BCUT2D eigenvalue weighted by atomic mass is 16.5. The number of amides is 1. The third-order valence-corrected chi connectivity index (χ3v) is 5.97. The first kappa shape index (κ1) is 18.4. The molecule has 0 saturated carbocycles. The van der Waals surface area contributed by atoms with Gasteiger partial charge in [-0.3, -0.25) is 4.79 Å². The van der Waals surface area contributed by atoms with Gasteiger partial charge in [-0.25, -0.2) is 0 Å². The van der Waals surface area contributed by atoms with Crippen LogP contribution in [-0.4, -0.2) is 43.1 Å². The van der Waals surface area contributed by atoms with Gasteiger partial charge in [-0.1, -0.05) is 31.2 Å². The number of aryl methyl sites for hydroxylation is 1. The highest BCUT2D eigenvalue weighted by Gasteiger charge is 2.32. The maximum atomic E-state index is 13.0. The first-order valence-electron chi connectivity index (χ1n) is 9.73. The van der Waals surface area contributed by atoms with Gasteiger partial charge in [-0.2, -0.15) is 0 Å². The summed E-state index contributed by atoms with van der Waals surface area (Å²) in [7, 11) is 0. The number of rotatable bonds is 4. The molecule has 0 bridgehead atoms. The van der Waals surface area contributed by atoms with Crippen molar-refractivity contribution in [3.05, 3.63) is 35.4 Å². The summed E-state index contributed by atoms with van der Waals surface area (Å²) >= 11 is 0. The van der Waals surface area contributed by atoms with E-state index in [1.165, 1.54) is 24.0 Å². The highest BCUT2D eigenvalue weighted by molar-refractivity contribution is 5.77. The van der Waals surface area contributed by atoms with Crippen LogP contribution in [0.1, 0.15) is 50.3 Å². The zero-order valence-corrected chi connectivity index (χ0v) is 15.8. The minimum Gasteiger partial charge on any atom is -0.370 e. The van der Waals surface area contributed by atoms with Crippen LogP contribution in [0.5, 0.6) is 0 Å². The molecule has 2 fully saturated rings. The van der Waals surface area contributed by atoms with Gasteiger partial charge < -0.3 is 15.0 Å². The smallest absolute Gasteiger partial charge is 0.223 e. The Morgan fingerprint density at radius 1 is 1.32 bits per heavy atom. The van der Waals surface area contributed by atoms with Crippen molar-refractivity contribution < 1.29 is 9.53 Å². The zero-order valence-electron chi connectivity index (χ0n) is 15.8. The topological polar surface area (TPSA) is 41.6 Å². The summed E-state index contributed by atoms with van der Waals surface area (Å²) in [6.07, 6.45) is 3.04. The molecular weight excluding hydrogens is 312 g/mol. The van der Waals surface area contributed by atoms with Gasteiger partial charge >= 0.3 is 0 Å². The van der Waals surface area contributed by atoms with E-state index in [2.05, 4.69) is 49.2 Å². The van der Waals surface area contributed by atoms with Crippen LogP contribution in [0.3, 0.4) is 0 Å². The van der Waals surface area contributed by atoms with E-state index < -0.39 is 0 Å². The molecule has 138 valence electrons. The first-order chi connectivity index (χ1) is 12.1. The number of carbonyl (C=O) groups excluding carboxylic acids is 1. The molecule has 2 aliphatic heterocycles. The molecule has 0 aliphatic carbocycles. The second-order valence-electron chi connectivity index (χ2n) is 7.84. The normalized spacial score (nSPS) is 26.4. The summed E-state index contributed by atoms with van der Waals surface area (Å²) in [6.45, 7) is 9.93. The van der Waals surface area contributed by atoms with Crippen LogP contribution in [0, 0.1) is 18.8 Å². The van der Waals surface area contributed by atoms with Crippen molar-refractivity contribution in [2.45, 2.75) is 52.2 Å². The van der Waals surface area contributed by atoms with Crippen LogP contribution in [0.4, 0.5) is 0 Å². The summed E-state index contributed by atoms with van der Waals surface area (Å²) in [5, 5.41) is 3.41. The van der Waals surface area contributed by atoms with E-state index in [1.807, 2.05) is 6.07 Å². The Hall–Kier alpha value is -1.39. The van der Waals surface area contributed by atoms with Crippen molar-refractivity contribution in [1.29, 1.82) is 0 Å². The number of morpholine rings is 1. The van der Waals surface area contributed by atoms with Gasteiger partial charge in [0, 0.05) is 6.42 Å². The SMILES string of the molecule is Cc1ccccc1[C@@H]1CN(C(=O)C[C@H](C)C2CCNCC2)[C@H](C)CO1. The minimum absolute atomic E-state index is 0.00413. The van der Waals surface area contributed by atoms with E-state index in [0.717, 1.165) is 13.1 Å². The molecule has 2 saturated heterocycles. The van der Waals surface area contributed by atoms with Gasteiger partial charge in [0.2, 0.25) is 5.91 Å². The molecular formula is C21H32N2O2. The Kier molecular flexibility index (Phi) is 6.13. The fraction of sp³-hybridized carbons (Fsp3) is 0.667. The van der Waals surface area contributed by atoms with Crippen LogP contribution in [0.25, 0.3) is 0 Å². The molecule has 0 radical (unpaired) electrons. The lowest BCUT2D eigenvalue weighted by atomic mass is 9.83. The molecule has 4 heteroatoms.